The molecule has 0 nitrogen and oxygen atoms in total. The number of halogens is 2. The fourth-order valence-corrected chi connectivity index (χ4v) is 0.663. The molecule has 0 spiro atoms. The Bertz CT molecular complexity index is 168. The van der Waals surface area contributed by atoms with E-state index < -0.39 is 0 Å². The van der Waals surface area contributed by atoms with Crippen LogP contribution in [0.3, 0.4) is 0 Å². The second kappa shape index (κ2) is 8.52. The zero-order valence-electron chi connectivity index (χ0n) is 6.42. The van der Waals surface area contributed by atoms with Crippen LogP contribution in [0.2, 0.25) is 0 Å². The van der Waals surface area contributed by atoms with E-state index in [1.165, 1.54) is 11.1 Å². The molecule has 3 heteroatoms. The molecule has 0 unspecified atom stereocenters. The fraction of sp³-hybridized carbons (Fsp3) is 0.250. The maximum Gasteiger partial charge on any atom is 2.00 e. The zero-order valence-corrected chi connectivity index (χ0v) is 9.67. The molecule has 64 valence electrons. The van der Waals surface area contributed by atoms with Crippen LogP contribution < -0.4 is 24.8 Å². The summed E-state index contributed by atoms with van der Waals surface area (Å²) in [5.74, 6) is 0. The average molecular weight is 278 g/mol. The molecule has 1 aromatic rings. The molecule has 0 saturated heterocycles. The second-order valence-corrected chi connectivity index (χ2v) is 2.08. The first-order valence-corrected chi connectivity index (χ1v) is 2.83. The summed E-state index contributed by atoms with van der Waals surface area (Å²) in [7, 11) is 0. The van der Waals surface area contributed by atoms with Crippen molar-refractivity contribution in [2.75, 3.05) is 0 Å². The summed E-state index contributed by atoms with van der Waals surface area (Å²) < 4.78 is 0. The molecule has 1 aromatic carbocycles. The van der Waals surface area contributed by atoms with Crippen LogP contribution in [0.5, 0.6) is 0 Å². The van der Waals surface area contributed by atoms with Crippen LogP contribution in [0.15, 0.2) is 24.3 Å². The van der Waals surface area contributed by atoms with Crippen LogP contribution in [-0.2, 0) is 19.5 Å². The maximum atomic E-state index is 2.12. The number of hydrogen-bond acceptors (Lipinski definition) is 0. The minimum absolute atomic E-state index is 0. The SMILES string of the molecule is Cc1ccccc1C.[Cl-].[Cl-].[Ru+2]. The molecular weight excluding hydrogens is 268 g/mol. The van der Waals surface area contributed by atoms with Gasteiger partial charge >= 0.3 is 19.5 Å². The minimum Gasteiger partial charge on any atom is -1.00 e. The van der Waals surface area contributed by atoms with Gasteiger partial charge in [0, 0.05) is 0 Å². The van der Waals surface area contributed by atoms with E-state index >= 15 is 0 Å². The zero-order chi connectivity index (χ0) is 5.98. The number of rotatable bonds is 0. The van der Waals surface area contributed by atoms with Crippen LogP contribution in [0.4, 0.5) is 0 Å². The summed E-state index contributed by atoms with van der Waals surface area (Å²) in [5.41, 5.74) is 2.74. The smallest absolute Gasteiger partial charge is 1.00 e. The number of aryl methyl sites for hydroxylation is 2. The van der Waals surface area contributed by atoms with Crippen molar-refractivity contribution in [1.29, 1.82) is 0 Å². The van der Waals surface area contributed by atoms with E-state index in [4.69, 9.17) is 0 Å². The fourth-order valence-electron chi connectivity index (χ4n) is 0.663. The minimum atomic E-state index is 0. The van der Waals surface area contributed by atoms with Crippen molar-refractivity contribution in [3.05, 3.63) is 35.4 Å². The second-order valence-electron chi connectivity index (χ2n) is 2.08. The van der Waals surface area contributed by atoms with Gasteiger partial charge in [-0.2, -0.15) is 0 Å². The van der Waals surface area contributed by atoms with Crippen LogP contribution in [-0.4, -0.2) is 0 Å². The summed E-state index contributed by atoms with van der Waals surface area (Å²) in [6.45, 7) is 4.24. The number of benzene rings is 1. The van der Waals surface area contributed by atoms with Gasteiger partial charge in [0.05, 0.1) is 0 Å². The molecule has 0 heterocycles. The topological polar surface area (TPSA) is 0 Å². The van der Waals surface area contributed by atoms with Gasteiger partial charge in [0.2, 0.25) is 0 Å². The van der Waals surface area contributed by atoms with Gasteiger partial charge in [0.25, 0.3) is 0 Å². The normalized spacial score (nSPS) is 6.73. The van der Waals surface area contributed by atoms with Gasteiger partial charge in [0.1, 0.15) is 0 Å². The van der Waals surface area contributed by atoms with Crippen molar-refractivity contribution in [2.45, 2.75) is 13.8 Å². The maximum absolute atomic E-state index is 2.12. The predicted octanol–water partition coefficient (Wildman–Crippen LogP) is -3.69. The molecule has 0 aliphatic carbocycles. The van der Waals surface area contributed by atoms with E-state index in [0.29, 0.717) is 0 Å². The Morgan fingerprint density at radius 1 is 0.818 bits per heavy atom. The Kier molecular flexibility index (Phi) is 13.5. The molecule has 0 aliphatic heterocycles. The van der Waals surface area contributed by atoms with E-state index in [0.717, 1.165) is 0 Å². The van der Waals surface area contributed by atoms with Gasteiger partial charge in [0.15, 0.2) is 0 Å². The van der Waals surface area contributed by atoms with E-state index in [9.17, 15) is 0 Å². The largest absolute Gasteiger partial charge is 2.00 e. The van der Waals surface area contributed by atoms with Crippen LogP contribution in [0, 0.1) is 13.8 Å². The van der Waals surface area contributed by atoms with E-state index in [-0.39, 0.29) is 44.3 Å². The summed E-state index contributed by atoms with van der Waals surface area (Å²) >= 11 is 0. The molecule has 11 heavy (non-hydrogen) atoms. The first-order chi connectivity index (χ1) is 3.80. The van der Waals surface area contributed by atoms with E-state index in [2.05, 4.69) is 38.1 Å². The van der Waals surface area contributed by atoms with E-state index in [1.807, 2.05) is 0 Å². The first-order valence-electron chi connectivity index (χ1n) is 2.83. The first kappa shape index (κ1) is 17.5. The molecule has 0 radical (unpaired) electrons. The number of hydrogen-bond donors (Lipinski definition) is 0. The van der Waals surface area contributed by atoms with Crippen LogP contribution in [0.1, 0.15) is 11.1 Å². The Morgan fingerprint density at radius 2 is 1.09 bits per heavy atom. The van der Waals surface area contributed by atoms with Gasteiger partial charge in [-0.05, 0) is 25.0 Å². The molecule has 0 fully saturated rings. The monoisotopic (exact) mass is 278 g/mol. The summed E-state index contributed by atoms with van der Waals surface area (Å²) in [6, 6.07) is 8.36. The molecule has 0 N–H and O–H groups in total. The van der Waals surface area contributed by atoms with Crippen LogP contribution in [0.25, 0.3) is 0 Å². The van der Waals surface area contributed by atoms with Gasteiger partial charge < -0.3 is 24.8 Å². The molecule has 1 rings (SSSR count). The van der Waals surface area contributed by atoms with E-state index in [1.54, 1.807) is 0 Å². The standard InChI is InChI=1S/C8H10.2ClH.Ru/c1-7-5-3-4-6-8(7)2;;;/h3-6H,1-2H3;2*1H;/q;;;+2/p-2. The molecule has 0 aliphatic rings. The van der Waals surface area contributed by atoms with Crippen molar-refractivity contribution < 1.29 is 44.3 Å². The van der Waals surface area contributed by atoms with Crippen molar-refractivity contribution >= 4 is 0 Å². The molecule has 0 saturated carbocycles. The molecule has 0 atom stereocenters. The van der Waals surface area contributed by atoms with Crippen molar-refractivity contribution in [1.82, 2.24) is 0 Å². The van der Waals surface area contributed by atoms with Crippen molar-refractivity contribution in [3.8, 4) is 0 Å². The Balaban J connectivity index is -0.000000213. The summed E-state index contributed by atoms with van der Waals surface area (Å²) in [4.78, 5) is 0. The van der Waals surface area contributed by atoms with Gasteiger partial charge in [-0.25, -0.2) is 0 Å². The summed E-state index contributed by atoms with van der Waals surface area (Å²) in [5, 5.41) is 0. The molecule has 0 amide bonds. The molecule has 0 aromatic heterocycles. The Morgan fingerprint density at radius 3 is 1.27 bits per heavy atom. The molecular formula is C8H10Cl2Ru. The third-order valence-corrected chi connectivity index (χ3v) is 1.43. The van der Waals surface area contributed by atoms with Crippen molar-refractivity contribution in [2.24, 2.45) is 0 Å². The predicted molar refractivity (Wildman–Crippen MR) is 35.9 cm³/mol. The van der Waals surface area contributed by atoms with Gasteiger partial charge in [-0.15, -0.1) is 0 Å². The van der Waals surface area contributed by atoms with Gasteiger partial charge in [-0.3, -0.25) is 0 Å². The summed E-state index contributed by atoms with van der Waals surface area (Å²) in [6.07, 6.45) is 0. The average Bonchev–Trinajstić information content (AvgIpc) is 1.77. The third-order valence-electron chi connectivity index (χ3n) is 1.43. The van der Waals surface area contributed by atoms with Crippen LogP contribution >= 0.6 is 0 Å². The van der Waals surface area contributed by atoms with Gasteiger partial charge in [-0.1, -0.05) is 24.3 Å². The Labute approximate surface area is 93.4 Å². The quantitative estimate of drug-likeness (QED) is 0.429. The Hall–Kier alpha value is 0.423. The molecule has 0 bridgehead atoms. The van der Waals surface area contributed by atoms with Crippen molar-refractivity contribution in [3.63, 3.8) is 0 Å². The third kappa shape index (κ3) is 5.67.